The van der Waals surface area contributed by atoms with E-state index in [1.54, 1.807) is 12.1 Å². The van der Waals surface area contributed by atoms with Crippen LogP contribution in [0.2, 0.25) is 10.0 Å². The molecule has 2 aromatic carbocycles. The molecule has 5 heteroatoms. The van der Waals surface area contributed by atoms with E-state index >= 15 is 0 Å². The van der Waals surface area contributed by atoms with Crippen LogP contribution in [-0.4, -0.2) is 15.7 Å². The molecule has 110 valence electrons. The number of hydrogen-bond acceptors (Lipinski definition) is 2. The second-order valence-electron chi connectivity index (χ2n) is 4.70. The van der Waals surface area contributed by atoms with Crippen molar-refractivity contribution in [3.05, 3.63) is 69.2 Å². The van der Waals surface area contributed by atoms with Crippen molar-refractivity contribution in [2.45, 2.75) is 12.7 Å². The molecular formula is C16H14Cl2O2S. The van der Waals surface area contributed by atoms with Crippen LogP contribution in [0.25, 0.3) is 0 Å². The summed E-state index contributed by atoms with van der Waals surface area (Å²) < 4.78 is 12.2. The topological polar surface area (TPSA) is 34.1 Å². The quantitative estimate of drug-likeness (QED) is 0.754. The lowest BCUT2D eigenvalue weighted by Gasteiger charge is -2.07. The molecule has 2 rings (SSSR count). The molecule has 1 unspecified atom stereocenters. The molecule has 0 heterocycles. The molecule has 0 bridgehead atoms. The molecule has 2 nitrogen and oxygen atoms in total. The minimum absolute atomic E-state index is 0.0611. The van der Waals surface area contributed by atoms with Crippen LogP contribution in [0.4, 0.5) is 0 Å². The predicted molar refractivity (Wildman–Crippen MR) is 88.7 cm³/mol. The zero-order valence-corrected chi connectivity index (χ0v) is 13.8. The molecule has 21 heavy (non-hydrogen) atoms. The largest absolute Gasteiger partial charge is 0.293 e. The highest BCUT2D eigenvalue weighted by atomic mass is 35.5. The van der Waals surface area contributed by atoms with Gasteiger partial charge in [0.25, 0.3) is 0 Å². The third-order valence-corrected chi connectivity index (χ3v) is 4.88. The van der Waals surface area contributed by atoms with E-state index in [9.17, 15) is 9.00 Å². The second kappa shape index (κ2) is 7.21. The summed E-state index contributed by atoms with van der Waals surface area (Å²) in [6.45, 7) is 1.96. The number of rotatable bonds is 5. The summed E-state index contributed by atoms with van der Waals surface area (Å²) in [5.41, 5.74) is 2.38. The Hall–Kier alpha value is -1.16. The van der Waals surface area contributed by atoms with E-state index in [1.807, 2.05) is 31.2 Å². The highest BCUT2D eigenvalue weighted by molar-refractivity contribution is 7.85. The van der Waals surface area contributed by atoms with Crippen LogP contribution < -0.4 is 0 Å². The van der Waals surface area contributed by atoms with Crippen molar-refractivity contribution in [2.24, 2.45) is 0 Å². The Morgan fingerprint density at radius 3 is 2.57 bits per heavy atom. The van der Waals surface area contributed by atoms with Crippen molar-refractivity contribution in [2.75, 3.05) is 5.75 Å². The van der Waals surface area contributed by atoms with Gasteiger partial charge in [0.05, 0.1) is 10.8 Å². The van der Waals surface area contributed by atoms with E-state index < -0.39 is 10.8 Å². The van der Waals surface area contributed by atoms with Crippen LogP contribution in [0.15, 0.2) is 42.5 Å². The molecule has 0 saturated carbocycles. The summed E-state index contributed by atoms with van der Waals surface area (Å²) in [6, 6.07) is 12.4. The van der Waals surface area contributed by atoms with Crippen LogP contribution in [0.3, 0.4) is 0 Å². The van der Waals surface area contributed by atoms with E-state index in [2.05, 4.69) is 0 Å². The molecule has 0 N–H and O–H groups in total. The normalized spacial score (nSPS) is 12.1. The van der Waals surface area contributed by atoms with E-state index in [4.69, 9.17) is 23.2 Å². The fourth-order valence-corrected chi connectivity index (χ4v) is 3.55. The molecule has 0 radical (unpaired) electrons. The van der Waals surface area contributed by atoms with E-state index in [0.717, 1.165) is 11.1 Å². The maximum atomic E-state index is 12.2. The number of hydrogen-bond donors (Lipinski definition) is 0. The lowest BCUT2D eigenvalue weighted by Crippen LogP contribution is -2.13. The Bertz CT molecular complexity index is 698. The number of ketones is 1. The Morgan fingerprint density at radius 2 is 1.86 bits per heavy atom. The van der Waals surface area contributed by atoms with Gasteiger partial charge in [-0.1, -0.05) is 47.5 Å². The number of carbonyl (C=O) groups is 1. The van der Waals surface area contributed by atoms with Crippen molar-refractivity contribution >= 4 is 39.8 Å². The van der Waals surface area contributed by atoms with E-state index in [-0.39, 0.29) is 11.5 Å². The van der Waals surface area contributed by atoms with Gasteiger partial charge >= 0.3 is 0 Å². The third-order valence-electron chi connectivity index (χ3n) is 3.10. The molecule has 0 aliphatic carbocycles. The van der Waals surface area contributed by atoms with E-state index in [1.165, 1.54) is 6.07 Å². The Kier molecular flexibility index (Phi) is 5.57. The van der Waals surface area contributed by atoms with Crippen LogP contribution >= 0.6 is 23.2 Å². The minimum atomic E-state index is -1.28. The minimum Gasteiger partial charge on any atom is -0.293 e. The zero-order valence-electron chi connectivity index (χ0n) is 11.4. The highest BCUT2D eigenvalue weighted by Crippen LogP contribution is 2.21. The average molecular weight is 341 g/mol. The third kappa shape index (κ3) is 4.40. The first-order chi connectivity index (χ1) is 9.97. The molecule has 0 aliphatic rings. The van der Waals surface area contributed by atoms with Gasteiger partial charge in [0.2, 0.25) is 0 Å². The summed E-state index contributed by atoms with van der Waals surface area (Å²) in [5.74, 6) is 0.0415. The lowest BCUT2D eigenvalue weighted by molar-refractivity contribution is 0.102. The highest BCUT2D eigenvalue weighted by Gasteiger charge is 2.15. The molecule has 0 amide bonds. The monoisotopic (exact) mass is 340 g/mol. The van der Waals surface area contributed by atoms with Gasteiger partial charge in [0, 0.05) is 27.1 Å². The van der Waals surface area contributed by atoms with Crippen LogP contribution in [-0.2, 0) is 16.6 Å². The first kappa shape index (κ1) is 16.2. The predicted octanol–water partition coefficient (Wildman–Crippen LogP) is 4.43. The molecule has 1 atom stereocenters. The lowest BCUT2D eigenvalue weighted by atomic mass is 10.1. The van der Waals surface area contributed by atoms with Gasteiger partial charge in [-0.15, -0.1) is 0 Å². The zero-order chi connectivity index (χ0) is 15.4. The molecule has 0 saturated heterocycles. The standard InChI is InChI=1S/C16H14Cl2O2S/c1-11-4-2-3-5-12(11)9-21(20)10-16(19)14-8-13(17)6-7-15(14)18/h2-8H,9-10H2,1H3. The van der Waals surface area contributed by atoms with Crippen LogP contribution in [0.1, 0.15) is 21.5 Å². The molecule has 0 aliphatic heterocycles. The van der Waals surface area contributed by atoms with Crippen molar-refractivity contribution in [3.63, 3.8) is 0 Å². The summed E-state index contributed by atoms with van der Waals surface area (Å²) in [5, 5.41) is 0.768. The van der Waals surface area contributed by atoms with Crippen molar-refractivity contribution in [3.8, 4) is 0 Å². The second-order valence-corrected chi connectivity index (χ2v) is 7.00. The first-order valence-electron chi connectivity index (χ1n) is 6.35. The van der Waals surface area contributed by atoms with Gasteiger partial charge in [0.15, 0.2) is 5.78 Å². The van der Waals surface area contributed by atoms with Gasteiger partial charge in [-0.05, 0) is 36.2 Å². The fraction of sp³-hybridized carbons (Fsp3) is 0.188. The van der Waals surface area contributed by atoms with Gasteiger partial charge in [-0.2, -0.15) is 0 Å². The number of carbonyl (C=O) groups excluding carboxylic acids is 1. The van der Waals surface area contributed by atoms with Gasteiger partial charge in [-0.25, -0.2) is 0 Å². The Morgan fingerprint density at radius 1 is 1.14 bits per heavy atom. The molecular weight excluding hydrogens is 327 g/mol. The van der Waals surface area contributed by atoms with Crippen LogP contribution in [0.5, 0.6) is 0 Å². The van der Waals surface area contributed by atoms with Crippen molar-refractivity contribution < 1.29 is 9.00 Å². The average Bonchev–Trinajstić information content (AvgIpc) is 2.44. The molecule has 2 aromatic rings. The summed E-state index contributed by atoms with van der Waals surface area (Å²) >= 11 is 11.8. The summed E-state index contributed by atoms with van der Waals surface area (Å²) in [6.07, 6.45) is 0. The number of Topliss-reactive ketones (excluding diaryl/α,β-unsaturated/α-hetero) is 1. The smallest absolute Gasteiger partial charge is 0.176 e. The van der Waals surface area contributed by atoms with Gasteiger partial charge in [0.1, 0.15) is 0 Å². The van der Waals surface area contributed by atoms with Crippen molar-refractivity contribution in [1.29, 1.82) is 0 Å². The molecule has 0 aromatic heterocycles. The van der Waals surface area contributed by atoms with Crippen LogP contribution in [0, 0.1) is 6.92 Å². The Balaban J connectivity index is 2.08. The summed E-state index contributed by atoms with van der Waals surface area (Å²) in [4.78, 5) is 12.2. The number of aryl methyl sites for hydroxylation is 1. The molecule has 0 spiro atoms. The van der Waals surface area contributed by atoms with Gasteiger partial charge < -0.3 is 0 Å². The fourth-order valence-electron chi connectivity index (χ4n) is 1.93. The SMILES string of the molecule is Cc1ccccc1CS(=O)CC(=O)c1cc(Cl)ccc1Cl. The molecule has 0 fully saturated rings. The van der Waals surface area contributed by atoms with Gasteiger partial charge in [-0.3, -0.25) is 9.00 Å². The Labute approximate surface area is 136 Å². The maximum Gasteiger partial charge on any atom is 0.176 e. The van der Waals surface area contributed by atoms with Crippen molar-refractivity contribution in [1.82, 2.24) is 0 Å². The number of benzene rings is 2. The summed E-state index contributed by atoms with van der Waals surface area (Å²) in [7, 11) is -1.28. The number of halogens is 2. The maximum absolute atomic E-state index is 12.2. The van der Waals surface area contributed by atoms with E-state index in [0.29, 0.717) is 21.4 Å². The first-order valence-corrected chi connectivity index (χ1v) is 8.59.